The molecule has 1 atom stereocenters. The molecule has 3 nitrogen and oxygen atoms in total. The van der Waals surface area contributed by atoms with Gasteiger partial charge in [-0.2, -0.15) is 0 Å². The number of hydrogen-bond donors (Lipinski definition) is 0. The Bertz CT molecular complexity index is 377. The van der Waals surface area contributed by atoms with Crippen molar-refractivity contribution in [2.75, 3.05) is 18.5 Å². The minimum Gasteiger partial charge on any atom is -0.394 e. The van der Waals surface area contributed by atoms with Gasteiger partial charge in [-0.05, 0) is 64.5 Å². The molecule has 0 aliphatic heterocycles. The van der Waals surface area contributed by atoms with Gasteiger partial charge in [0.2, 0.25) is 0 Å². The summed E-state index contributed by atoms with van der Waals surface area (Å²) in [5.41, 5.74) is 0. The summed E-state index contributed by atoms with van der Waals surface area (Å²) in [6, 6.07) is 0. The van der Waals surface area contributed by atoms with Crippen LogP contribution in [0.1, 0.15) is 110 Å². The Balaban J connectivity index is 4.20. The van der Waals surface area contributed by atoms with E-state index >= 15 is 0 Å². The number of hydrogen-bond acceptors (Lipinski definition) is 3. The van der Waals surface area contributed by atoms with Crippen molar-refractivity contribution in [2.45, 2.75) is 130 Å². The molecule has 30 heavy (non-hydrogen) atoms. The highest BCUT2D eigenvalue weighted by atomic mass is 79.9. The van der Waals surface area contributed by atoms with Crippen LogP contribution in [-0.2, 0) is 13.6 Å². The average Bonchev–Trinajstić information content (AvgIpc) is 2.72. The van der Waals surface area contributed by atoms with Crippen LogP contribution in [-0.4, -0.2) is 33.4 Å². The highest BCUT2D eigenvalue weighted by molar-refractivity contribution is 9.09. The summed E-state index contributed by atoms with van der Waals surface area (Å²) in [7, 11) is -2.14. The molecule has 0 amide bonds. The Hall–Kier alpha value is 0.317. The van der Waals surface area contributed by atoms with E-state index in [1.54, 1.807) is 0 Å². The van der Waals surface area contributed by atoms with Gasteiger partial charge in [-0.3, -0.25) is 0 Å². The number of alkyl halides is 1. The molecule has 0 saturated heterocycles. The first kappa shape index (κ1) is 30.3. The van der Waals surface area contributed by atoms with Crippen LogP contribution in [0.15, 0.2) is 12.2 Å². The van der Waals surface area contributed by atoms with Crippen LogP contribution >= 0.6 is 15.9 Å². The molecule has 0 spiro atoms. The SMILES string of the molecule is CC/C=C\CCCCCOC(CCCCCCC)O[Si](C)(C)OCCCCCCBr. The van der Waals surface area contributed by atoms with Crippen molar-refractivity contribution in [1.29, 1.82) is 0 Å². The summed E-state index contributed by atoms with van der Waals surface area (Å²) >= 11 is 3.49. The zero-order valence-electron chi connectivity index (χ0n) is 20.6. The topological polar surface area (TPSA) is 27.7 Å². The van der Waals surface area contributed by atoms with E-state index in [0.29, 0.717) is 0 Å². The lowest BCUT2D eigenvalue weighted by atomic mass is 10.1. The van der Waals surface area contributed by atoms with E-state index in [1.165, 1.54) is 70.6 Å². The molecule has 0 radical (unpaired) electrons. The summed E-state index contributed by atoms with van der Waals surface area (Å²) in [5.74, 6) is 0. The molecular weight excluding hydrogens is 456 g/mol. The monoisotopic (exact) mass is 506 g/mol. The van der Waals surface area contributed by atoms with Crippen molar-refractivity contribution >= 4 is 24.5 Å². The number of rotatable bonds is 23. The Morgan fingerprint density at radius 1 is 0.767 bits per heavy atom. The molecule has 0 aliphatic carbocycles. The van der Waals surface area contributed by atoms with Crippen LogP contribution < -0.4 is 0 Å². The van der Waals surface area contributed by atoms with Crippen LogP contribution in [0, 0.1) is 0 Å². The van der Waals surface area contributed by atoms with Crippen molar-refractivity contribution in [3.8, 4) is 0 Å². The zero-order chi connectivity index (χ0) is 22.3. The molecule has 180 valence electrons. The van der Waals surface area contributed by atoms with E-state index in [1.807, 2.05) is 0 Å². The van der Waals surface area contributed by atoms with E-state index in [2.05, 4.69) is 55.0 Å². The lowest BCUT2D eigenvalue weighted by molar-refractivity contribution is -0.104. The normalized spacial score (nSPS) is 13.4. The largest absolute Gasteiger partial charge is 0.394 e. The minimum atomic E-state index is -2.14. The molecular formula is C25H51BrO3Si. The fourth-order valence-electron chi connectivity index (χ4n) is 3.35. The lowest BCUT2D eigenvalue weighted by Crippen LogP contribution is -2.40. The van der Waals surface area contributed by atoms with Gasteiger partial charge >= 0.3 is 8.56 Å². The second kappa shape index (κ2) is 22.5. The van der Waals surface area contributed by atoms with Gasteiger partial charge in [0.05, 0.1) is 0 Å². The molecule has 0 bridgehead atoms. The first-order chi connectivity index (χ1) is 14.6. The van der Waals surface area contributed by atoms with E-state index in [-0.39, 0.29) is 6.29 Å². The fraction of sp³-hybridized carbons (Fsp3) is 0.920. The van der Waals surface area contributed by atoms with Crippen LogP contribution in [0.25, 0.3) is 0 Å². The third kappa shape index (κ3) is 21.5. The van der Waals surface area contributed by atoms with Crippen molar-refractivity contribution in [3.63, 3.8) is 0 Å². The average molecular weight is 508 g/mol. The van der Waals surface area contributed by atoms with E-state index < -0.39 is 8.56 Å². The van der Waals surface area contributed by atoms with Crippen molar-refractivity contribution in [2.24, 2.45) is 0 Å². The molecule has 0 aromatic rings. The van der Waals surface area contributed by atoms with Crippen molar-refractivity contribution in [3.05, 3.63) is 12.2 Å². The van der Waals surface area contributed by atoms with Crippen molar-refractivity contribution < 1.29 is 13.6 Å². The molecule has 5 heteroatoms. The Morgan fingerprint density at radius 2 is 1.43 bits per heavy atom. The molecule has 0 fully saturated rings. The highest BCUT2D eigenvalue weighted by Gasteiger charge is 2.29. The molecule has 0 saturated carbocycles. The second-order valence-corrected chi connectivity index (χ2v) is 12.8. The van der Waals surface area contributed by atoms with Gasteiger partial charge in [0.15, 0.2) is 0 Å². The molecule has 0 N–H and O–H groups in total. The predicted octanol–water partition coefficient (Wildman–Crippen LogP) is 8.91. The molecule has 0 heterocycles. The minimum absolute atomic E-state index is 0.0957. The summed E-state index contributed by atoms with van der Waals surface area (Å²) in [6.45, 7) is 10.4. The maximum Gasteiger partial charge on any atom is 0.333 e. The van der Waals surface area contributed by atoms with E-state index in [9.17, 15) is 0 Å². The van der Waals surface area contributed by atoms with E-state index in [0.717, 1.165) is 44.2 Å². The summed E-state index contributed by atoms with van der Waals surface area (Å²) in [6.07, 6.45) is 22.7. The number of allylic oxidation sites excluding steroid dienone is 2. The lowest BCUT2D eigenvalue weighted by Gasteiger charge is -2.29. The number of unbranched alkanes of at least 4 members (excludes halogenated alkanes) is 10. The maximum atomic E-state index is 6.41. The van der Waals surface area contributed by atoms with Gasteiger partial charge in [-0.25, -0.2) is 0 Å². The Morgan fingerprint density at radius 3 is 2.17 bits per heavy atom. The standard InChI is InChI=1S/C25H51BrO3Si/c1-5-7-9-11-12-15-19-23-27-25(21-17-13-10-8-6-2)29-30(3,4)28-24-20-16-14-18-22-26/h7,9,25H,5-6,8,10-24H2,1-4H3/b9-7-. The Labute approximate surface area is 198 Å². The first-order valence-corrected chi connectivity index (χ1v) is 16.6. The van der Waals surface area contributed by atoms with Gasteiger partial charge in [0.25, 0.3) is 0 Å². The second-order valence-electron chi connectivity index (χ2n) is 8.70. The molecule has 1 unspecified atom stereocenters. The van der Waals surface area contributed by atoms with Crippen molar-refractivity contribution in [1.82, 2.24) is 0 Å². The van der Waals surface area contributed by atoms with Gasteiger partial charge in [0, 0.05) is 18.5 Å². The first-order valence-electron chi connectivity index (χ1n) is 12.7. The van der Waals surface area contributed by atoms with Crippen LogP contribution in [0.5, 0.6) is 0 Å². The zero-order valence-corrected chi connectivity index (χ0v) is 23.1. The molecule has 0 aromatic carbocycles. The number of ether oxygens (including phenoxy) is 1. The van der Waals surface area contributed by atoms with Crippen LogP contribution in [0.4, 0.5) is 0 Å². The van der Waals surface area contributed by atoms with Crippen LogP contribution in [0.3, 0.4) is 0 Å². The summed E-state index contributed by atoms with van der Waals surface area (Å²) in [4.78, 5) is 0. The molecule has 0 aliphatic rings. The fourth-order valence-corrected chi connectivity index (χ4v) is 5.27. The molecule has 0 aromatic heterocycles. The quantitative estimate of drug-likeness (QED) is 0.0454. The van der Waals surface area contributed by atoms with Gasteiger partial charge in [0.1, 0.15) is 6.29 Å². The summed E-state index contributed by atoms with van der Waals surface area (Å²) < 4.78 is 18.8. The van der Waals surface area contributed by atoms with Crippen LogP contribution in [0.2, 0.25) is 13.1 Å². The highest BCUT2D eigenvalue weighted by Crippen LogP contribution is 2.18. The predicted molar refractivity (Wildman–Crippen MR) is 138 cm³/mol. The summed E-state index contributed by atoms with van der Waals surface area (Å²) in [5, 5.41) is 1.10. The smallest absolute Gasteiger partial charge is 0.333 e. The van der Waals surface area contributed by atoms with Gasteiger partial charge < -0.3 is 13.6 Å². The van der Waals surface area contributed by atoms with Gasteiger partial charge in [-0.15, -0.1) is 0 Å². The third-order valence-corrected chi connectivity index (χ3v) is 7.45. The van der Waals surface area contributed by atoms with E-state index in [4.69, 9.17) is 13.6 Å². The maximum absolute atomic E-state index is 6.41. The van der Waals surface area contributed by atoms with Gasteiger partial charge in [-0.1, -0.05) is 86.9 Å². The third-order valence-electron chi connectivity index (χ3n) is 5.16. The number of halogens is 1. The Kier molecular flexibility index (Phi) is 22.7. The molecule has 0 rings (SSSR count).